The van der Waals surface area contributed by atoms with E-state index in [-0.39, 0.29) is 0 Å². The van der Waals surface area contributed by atoms with E-state index in [4.69, 9.17) is 58.0 Å². The predicted octanol–water partition coefficient (Wildman–Crippen LogP) is 3.98. The van der Waals surface area contributed by atoms with Crippen molar-refractivity contribution in [1.82, 2.24) is 0 Å². The Morgan fingerprint density at radius 3 is 1.47 bits per heavy atom. The minimum Gasteiger partial charge on any atom is -0.366 e. The van der Waals surface area contributed by atoms with Gasteiger partial charge in [0, 0.05) is 0 Å². The van der Waals surface area contributed by atoms with E-state index < -0.39 is 45.8 Å². The zero-order chi connectivity index (χ0) is 13.4. The van der Waals surface area contributed by atoms with Gasteiger partial charge in [0.05, 0.1) is 33.0 Å². The predicted molar refractivity (Wildman–Crippen MR) is 64.0 cm³/mol. The third-order valence-corrected chi connectivity index (χ3v) is 5.47. The monoisotopic (exact) mass is 352 g/mol. The van der Waals surface area contributed by atoms with Crippen LogP contribution in [0.4, 0.5) is 13.2 Å². The Balaban J connectivity index is 2.69. The van der Waals surface area contributed by atoms with Gasteiger partial charge < -0.3 is 4.74 Å². The average Bonchev–Trinajstić information content (AvgIpc) is 2.22. The lowest BCUT2D eigenvalue weighted by molar-refractivity contribution is -0.186. The maximum atomic E-state index is 12.0. The highest BCUT2D eigenvalue weighted by Crippen LogP contribution is 2.39. The standard InChI is InChI=1S/C8H8Cl5F3O/c9-2-3(10)5(12)7(6(13)4(2)11)17-1-8(14,15)16/h2-7H,1H2/t2?,3-,4+,5-,6+,7?. The molecule has 1 saturated carbocycles. The van der Waals surface area contributed by atoms with E-state index in [9.17, 15) is 13.2 Å². The molecular weight excluding hydrogens is 346 g/mol. The number of halogens is 8. The van der Waals surface area contributed by atoms with Gasteiger partial charge in [0.2, 0.25) is 0 Å². The molecule has 0 aromatic heterocycles. The van der Waals surface area contributed by atoms with Crippen LogP contribution in [-0.4, -0.2) is 45.8 Å². The van der Waals surface area contributed by atoms with Crippen molar-refractivity contribution in [2.75, 3.05) is 6.61 Å². The molecule has 0 bridgehead atoms. The summed E-state index contributed by atoms with van der Waals surface area (Å²) in [5, 5.41) is -4.21. The molecule has 1 fully saturated rings. The highest BCUT2D eigenvalue weighted by Gasteiger charge is 2.49. The van der Waals surface area contributed by atoms with Gasteiger partial charge in [0.15, 0.2) is 0 Å². The normalized spacial score (nSPS) is 43.8. The molecule has 2 unspecified atom stereocenters. The van der Waals surface area contributed by atoms with Gasteiger partial charge in [-0.25, -0.2) is 0 Å². The molecule has 102 valence electrons. The zero-order valence-electron chi connectivity index (χ0n) is 8.10. The SMILES string of the molecule is FC(F)(F)COC1[C@@H](Cl)[C@@H](Cl)C(Cl)[C@@H](Cl)[C@H]1Cl. The van der Waals surface area contributed by atoms with Crippen molar-refractivity contribution in [1.29, 1.82) is 0 Å². The maximum Gasteiger partial charge on any atom is 0.411 e. The second-order valence-corrected chi connectivity index (χ2v) is 6.13. The molecule has 0 saturated heterocycles. The number of hydrogen-bond donors (Lipinski definition) is 0. The summed E-state index contributed by atoms with van der Waals surface area (Å²) in [6.07, 6.45) is -5.56. The largest absolute Gasteiger partial charge is 0.411 e. The first kappa shape index (κ1) is 16.3. The highest BCUT2D eigenvalue weighted by molar-refractivity contribution is 6.41. The Labute approximate surface area is 121 Å². The van der Waals surface area contributed by atoms with E-state index in [1.165, 1.54) is 0 Å². The van der Waals surface area contributed by atoms with Crippen LogP contribution in [0.5, 0.6) is 0 Å². The van der Waals surface area contributed by atoms with Crippen molar-refractivity contribution in [3.8, 4) is 0 Å². The lowest BCUT2D eigenvalue weighted by Gasteiger charge is -2.40. The van der Waals surface area contributed by atoms with Gasteiger partial charge in [-0.15, -0.1) is 58.0 Å². The van der Waals surface area contributed by atoms with Crippen LogP contribution in [0.3, 0.4) is 0 Å². The fourth-order valence-electron chi connectivity index (χ4n) is 1.44. The first-order valence-electron chi connectivity index (χ1n) is 4.54. The highest BCUT2D eigenvalue weighted by atomic mass is 35.5. The van der Waals surface area contributed by atoms with E-state index in [1.54, 1.807) is 0 Å². The van der Waals surface area contributed by atoms with Crippen LogP contribution >= 0.6 is 58.0 Å². The molecule has 0 aromatic carbocycles. The van der Waals surface area contributed by atoms with Gasteiger partial charge >= 0.3 is 6.18 Å². The number of rotatable bonds is 2. The van der Waals surface area contributed by atoms with Gasteiger partial charge in [-0.1, -0.05) is 0 Å². The maximum absolute atomic E-state index is 12.0. The van der Waals surface area contributed by atoms with Gasteiger partial charge in [-0.05, 0) is 0 Å². The van der Waals surface area contributed by atoms with E-state index in [1.807, 2.05) is 0 Å². The summed E-state index contributed by atoms with van der Waals surface area (Å²) in [4.78, 5) is 0. The van der Waals surface area contributed by atoms with Gasteiger partial charge in [0.25, 0.3) is 0 Å². The van der Waals surface area contributed by atoms with Gasteiger partial charge in [-0.3, -0.25) is 0 Å². The molecule has 17 heavy (non-hydrogen) atoms. The molecule has 0 aliphatic heterocycles. The van der Waals surface area contributed by atoms with E-state index >= 15 is 0 Å². The minimum atomic E-state index is -4.46. The molecule has 0 heterocycles. The molecule has 9 heteroatoms. The summed E-state index contributed by atoms with van der Waals surface area (Å²) in [7, 11) is 0. The Morgan fingerprint density at radius 1 is 0.765 bits per heavy atom. The topological polar surface area (TPSA) is 9.23 Å². The molecule has 0 N–H and O–H groups in total. The Kier molecular flexibility index (Phi) is 5.83. The average molecular weight is 354 g/mol. The van der Waals surface area contributed by atoms with Crippen molar-refractivity contribution in [3.05, 3.63) is 0 Å². The first-order chi connectivity index (χ1) is 7.65. The molecule has 0 spiro atoms. The summed E-state index contributed by atoms with van der Waals surface area (Å²) in [6, 6.07) is 0. The summed E-state index contributed by atoms with van der Waals surface area (Å²) < 4.78 is 40.7. The third-order valence-electron chi connectivity index (χ3n) is 2.28. The summed E-state index contributed by atoms with van der Waals surface area (Å²) in [5.41, 5.74) is 0. The van der Waals surface area contributed by atoms with Crippen LogP contribution in [0.1, 0.15) is 0 Å². The molecule has 1 rings (SSSR count). The number of alkyl halides is 8. The Hall–Kier alpha value is 1.20. The fraction of sp³-hybridized carbons (Fsp3) is 1.00. The number of ether oxygens (including phenoxy) is 1. The van der Waals surface area contributed by atoms with E-state index in [2.05, 4.69) is 4.74 Å². The van der Waals surface area contributed by atoms with Crippen molar-refractivity contribution < 1.29 is 17.9 Å². The van der Waals surface area contributed by atoms with Crippen LogP contribution in [0.2, 0.25) is 0 Å². The Morgan fingerprint density at radius 2 is 1.12 bits per heavy atom. The molecule has 1 nitrogen and oxygen atoms in total. The van der Waals surface area contributed by atoms with Crippen LogP contribution in [0, 0.1) is 0 Å². The quantitative estimate of drug-likeness (QED) is 0.682. The van der Waals surface area contributed by atoms with Crippen LogP contribution in [-0.2, 0) is 4.74 Å². The third kappa shape index (κ3) is 4.08. The van der Waals surface area contributed by atoms with Crippen molar-refractivity contribution >= 4 is 58.0 Å². The van der Waals surface area contributed by atoms with Crippen LogP contribution in [0.25, 0.3) is 0 Å². The van der Waals surface area contributed by atoms with Gasteiger partial charge in [0.1, 0.15) is 6.61 Å². The molecule has 0 amide bonds. The molecular formula is C8H8Cl5F3O. The summed E-state index contributed by atoms with van der Waals surface area (Å²) >= 11 is 29.3. The molecule has 0 radical (unpaired) electrons. The summed E-state index contributed by atoms with van der Waals surface area (Å²) in [5.74, 6) is 0. The molecule has 1 aliphatic carbocycles. The second kappa shape index (κ2) is 6.10. The second-order valence-electron chi connectivity index (χ2n) is 3.61. The lowest BCUT2D eigenvalue weighted by atomic mass is 9.95. The first-order valence-corrected chi connectivity index (χ1v) is 6.72. The minimum absolute atomic E-state index is 0.728. The van der Waals surface area contributed by atoms with Gasteiger partial charge in [-0.2, -0.15) is 13.2 Å². The zero-order valence-corrected chi connectivity index (χ0v) is 11.9. The van der Waals surface area contributed by atoms with E-state index in [0.717, 1.165) is 0 Å². The molecule has 0 aromatic rings. The molecule has 6 atom stereocenters. The van der Waals surface area contributed by atoms with Crippen molar-refractivity contribution in [2.45, 2.75) is 39.2 Å². The van der Waals surface area contributed by atoms with Crippen LogP contribution < -0.4 is 0 Å². The smallest absolute Gasteiger partial charge is 0.366 e. The molecule has 1 aliphatic rings. The van der Waals surface area contributed by atoms with E-state index in [0.29, 0.717) is 0 Å². The fourth-order valence-corrected chi connectivity index (χ4v) is 3.42. The number of hydrogen-bond acceptors (Lipinski definition) is 1. The summed E-state index contributed by atoms with van der Waals surface area (Å²) in [6.45, 7) is -1.45. The van der Waals surface area contributed by atoms with Crippen molar-refractivity contribution in [2.24, 2.45) is 0 Å². The Bertz CT molecular complexity index is 248. The lowest BCUT2D eigenvalue weighted by Crippen LogP contribution is -2.55. The van der Waals surface area contributed by atoms with Crippen LogP contribution in [0.15, 0.2) is 0 Å². The van der Waals surface area contributed by atoms with Crippen molar-refractivity contribution in [3.63, 3.8) is 0 Å².